The molecule has 2 aromatic rings. The largest absolute Gasteiger partial charge is 0.289 e. The lowest BCUT2D eigenvalue weighted by molar-refractivity contribution is 0.103. The van der Waals surface area contributed by atoms with Crippen LogP contribution in [0.2, 0.25) is 10.0 Å². The summed E-state index contributed by atoms with van der Waals surface area (Å²) in [6, 6.07) is 9.42. The molecule has 2 aromatic carbocycles. The van der Waals surface area contributed by atoms with Gasteiger partial charge in [-0.25, -0.2) is 8.42 Å². The van der Waals surface area contributed by atoms with Gasteiger partial charge in [0.1, 0.15) is 0 Å². The van der Waals surface area contributed by atoms with E-state index < -0.39 is 9.84 Å². The summed E-state index contributed by atoms with van der Waals surface area (Å²) in [6.07, 6.45) is 0.561. The average Bonchev–Trinajstić information content (AvgIpc) is 2.53. The van der Waals surface area contributed by atoms with Gasteiger partial charge in [-0.2, -0.15) is 0 Å². The van der Waals surface area contributed by atoms with E-state index in [1.54, 1.807) is 24.3 Å². The molecule has 0 spiro atoms. The maximum absolute atomic E-state index is 12.9. The van der Waals surface area contributed by atoms with Crippen molar-refractivity contribution in [3.63, 3.8) is 0 Å². The van der Waals surface area contributed by atoms with E-state index in [1.165, 1.54) is 12.1 Å². The highest BCUT2D eigenvalue weighted by molar-refractivity contribution is 7.91. The monoisotopic (exact) mass is 412 g/mol. The van der Waals surface area contributed by atoms with Crippen molar-refractivity contribution in [3.8, 4) is 0 Å². The van der Waals surface area contributed by atoms with Gasteiger partial charge in [0, 0.05) is 16.1 Å². The second-order valence-corrected chi connectivity index (χ2v) is 10.3. The van der Waals surface area contributed by atoms with E-state index in [1.807, 2.05) is 27.7 Å². The van der Waals surface area contributed by atoms with Crippen molar-refractivity contribution < 1.29 is 13.2 Å². The van der Waals surface area contributed by atoms with Crippen LogP contribution in [0.1, 0.15) is 49.2 Å². The van der Waals surface area contributed by atoms with Crippen LogP contribution >= 0.6 is 23.2 Å². The minimum absolute atomic E-state index is 0.00254. The van der Waals surface area contributed by atoms with Gasteiger partial charge in [0.15, 0.2) is 15.6 Å². The second-order valence-electron chi connectivity index (χ2n) is 7.45. The lowest BCUT2D eigenvalue weighted by Gasteiger charge is -2.20. The zero-order valence-corrected chi connectivity index (χ0v) is 17.6. The Morgan fingerprint density at radius 3 is 2.27 bits per heavy atom. The second kappa shape index (κ2) is 7.71. The minimum Gasteiger partial charge on any atom is -0.289 e. The first-order chi connectivity index (χ1) is 11.9. The van der Waals surface area contributed by atoms with E-state index in [-0.39, 0.29) is 38.0 Å². The van der Waals surface area contributed by atoms with Crippen molar-refractivity contribution in [2.45, 2.75) is 39.0 Å². The zero-order valence-electron chi connectivity index (χ0n) is 15.3. The lowest BCUT2D eigenvalue weighted by Crippen LogP contribution is -2.22. The zero-order chi connectivity index (χ0) is 19.7. The van der Waals surface area contributed by atoms with Crippen molar-refractivity contribution in [3.05, 3.63) is 63.1 Å². The highest BCUT2D eigenvalue weighted by Crippen LogP contribution is 2.28. The van der Waals surface area contributed by atoms with Gasteiger partial charge in [0.25, 0.3) is 0 Å². The molecule has 0 aromatic heterocycles. The fraction of sp³-hybridized carbons (Fsp3) is 0.350. The van der Waals surface area contributed by atoms with Crippen LogP contribution in [0.3, 0.4) is 0 Å². The van der Waals surface area contributed by atoms with Gasteiger partial charge >= 0.3 is 0 Å². The summed E-state index contributed by atoms with van der Waals surface area (Å²) in [5, 5.41) is 0.668. The molecule has 0 atom stereocenters. The van der Waals surface area contributed by atoms with Gasteiger partial charge in [-0.1, -0.05) is 63.0 Å². The van der Waals surface area contributed by atoms with Gasteiger partial charge < -0.3 is 0 Å². The summed E-state index contributed by atoms with van der Waals surface area (Å²) in [5.74, 6) is -0.352. The SMILES string of the molecule is CCc1ccc(C(=O)c2cc(Cl)ccc2Cl)cc1S(=O)(=O)CC(C)(C)C. The molecule has 0 aliphatic carbocycles. The Morgan fingerprint density at radius 2 is 1.69 bits per heavy atom. The van der Waals surface area contributed by atoms with Crippen LogP contribution in [0.5, 0.6) is 0 Å². The summed E-state index contributed by atoms with van der Waals surface area (Å²) in [5.41, 5.74) is 0.838. The molecule has 0 heterocycles. The van der Waals surface area contributed by atoms with E-state index >= 15 is 0 Å². The number of carbonyl (C=O) groups excluding carboxylic acids is 1. The highest BCUT2D eigenvalue weighted by atomic mass is 35.5. The third kappa shape index (κ3) is 4.87. The molecule has 0 N–H and O–H groups in total. The molecule has 2 rings (SSSR count). The Kier molecular flexibility index (Phi) is 6.21. The lowest BCUT2D eigenvalue weighted by atomic mass is 10.0. The number of rotatable bonds is 5. The fourth-order valence-corrected chi connectivity index (χ4v) is 5.34. The molecule has 0 saturated carbocycles. The molecular weight excluding hydrogens is 391 g/mol. The standard InChI is InChI=1S/C20H22Cl2O3S/c1-5-13-6-7-14(10-18(13)26(24,25)12-20(2,3)4)19(23)16-11-15(21)8-9-17(16)22/h6-11H,5,12H2,1-4H3. The molecule has 140 valence electrons. The predicted molar refractivity (Wildman–Crippen MR) is 107 cm³/mol. The summed E-state index contributed by atoms with van der Waals surface area (Å²) in [4.78, 5) is 13.1. The summed E-state index contributed by atoms with van der Waals surface area (Å²) in [6.45, 7) is 7.51. The normalized spacial score (nSPS) is 12.2. The maximum Gasteiger partial charge on any atom is 0.194 e. The van der Waals surface area contributed by atoms with Crippen LogP contribution in [0.25, 0.3) is 0 Å². The van der Waals surface area contributed by atoms with Gasteiger partial charge in [-0.05, 0) is 41.7 Å². The first kappa shape index (κ1) is 20.9. The number of hydrogen-bond donors (Lipinski definition) is 0. The van der Waals surface area contributed by atoms with Crippen LogP contribution in [0, 0.1) is 5.41 Å². The Hall–Kier alpha value is -1.36. The molecule has 0 aliphatic rings. The minimum atomic E-state index is -3.53. The molecule has 0 fully saturated rings. The molecule has 0 unspecified atom stereocenters. The molecule has 3 nitrogen and oxygen atoms in total. The van der Waals surface area contributed by atoms with E-state index in [0.29, 0.717) is 17.0 Å². The van der Waals surface area contributed by atoms with Gasteiger partial charge in [0.2, 0.25) is 0 Å². The summed E-state index contributed by atoms with van der Waals surface area (Å²) in [7, 11) is -3.53. The Labute approximate surface area is 165 Å². The number of aryl methyl sites for hydroxylation is 1. The van der Waals surface area contributed by atoms with Crippen LogP contribution in [-0.4, -0.2) is 20.0 Å². The van der Waals surface area contributed by atoms with Crippen LogP contribution in [0.4, 0.5) is 0 Å². The number of ketones is 1. The van der Waals surface area contributed by atoms with Crippen molar-refractivity contribution in [2.75, 3.05) is 5.75 Å². The van der Waals surface area contributed by atoms with Crippen molar-refractivity contribution >= 4 is 38.8 Å². The molecule has 0 amide bonds. The van der Waals surface area contributed by atoms with Gasteiger partial charge in [0.05, 0.1) is 15.7 Å². The number of hydrogen-bond acceptors (Lipinski definition) is 3. The van der Waals surface area contributed by atoms with Crippen LogP contribution in [0.15, 0.2) is 41.3 Å². The first-order valence-corrected chi connectivity index (χ1v) is 10.7. The van der Waals surface area contributed by atoms with Crippen LogP contribution in [-0.2, 0) is 16.3 Å². The third-order valence-electron chi connectivity index (χ3n) is 3.84. The average molecular weight is 413 g/mol. The number of carbonyl (C=O) groups is 1. The molecule has 26 heavy (non-hydrogen) atoms. The molecule has 6 heteroatoms. The highest BCUT2D eigenvalue weighted by Gasteiger charge is 2.26. The van der Waals surface area contributed by atoms with Crippen molar-refractivity contribution in [1.82, 2.24) is 0 Å². The van der Waals surface area contributed by atoms with Gasteiger partial charge in [-0.3, -0.25) is 4.79 Å². The van der Waals surface area contributed by atoms with E-state index in [0.717, 1.165) is 0 Å². The number of benzene rings is 2. The Bertz CT molecular complexity index is 942. The topological polar surface area (TPSA) is 51.2 Å². The third-order valence-corrected chi connectivity index (χ3v) is 6.70. The summed E-state index contributed by atoms with van der Waals surface area (Å²) < 4.78 is 25.8. The van der Waals surface area contributed by atoms with Gasteiger partial charge in [-0.15, -0.1) is 0 Å². The maximum atomic E-state index is 12.9. The number of sulfone groups is 1. The Balaban J connectivity index is 2.57. The van der Waals surface area contributed by atoms with Crippen molar-refractivity contribution in [1.29, 1.82) is 0 Å². The predicted octanol–water partition coefficient (Wildman–Crippen LogP) is 5.61. The quantitative estimate of drug-likeness (QED) is 0.599. The fourth-order valence-electron chi connectivity index (χ4n) is 2.75. The van der Waals surface area contributed by atoms with Crippen molar-refractivity contribution in [2.24, 2.45) is 5.41 Å². The molecular formula is C20H22Cl2O3S. The first-order valence-electron chi connectivity index (χ1n) is 8.30. The molecule has 0 aliphatic heterocycles. The van der Waals surface area contributed by atoms with E-state index in [9.17, 15) is 13.2 Å². The smallest absolute Gasteiger partial charge is 0.194 e. The number of halogens is 2. The molecule has 0 saturated heterocycles. The molecule has 0 bridgehead atoms. The summed E-state index contributed by atoms with van der Waals surface area (Å²) >= 11 is 12.1. The van der Waals surface area contributed by atoms with E-state index in [4.69, 9.17) is 23.2 Å². The molecule has 0 radical (unpaired) electrons. The van der Waals surface area contributed by atoms with E-state index in [2.05, 4.69) is 0 Å². The Morgan fingerprint density at radius 1 is 1.04 bits per heavy atom. The van der Waals surface area contributed by atoms with Crippen LogP contribution < -0.4 is 0 Å².